The van der Waals surface area contributed by atoms with E-state index in [9.17, 15) is 9.59 Å². The zero-order chi connectivity index (χ0) is 21.1. The third-order valence-corrected chi connectivity index (χ3v) is 6.24. The molecule has 2 aromatic carbocycles. The minimum absolute atomic E-state index is 0.0257. The minimum Gasteiger partial charge on any atom is -0.364 e. The molecule has 0 saturated heterocycles. The monoisotopic (exact) mass is 419 g/mol. The molecule has 154 valence electrons. The number of carbonyl (C=O) groups is 2. The molecule has 0 fully saturated rings. The minimum atomic E-state index is -0.0652. The zero-order valence-electron chi connectivity index (χ0n) is 17.2. The van der Waals surface area contributed by atoms with E-state index in [4.69, 9.17) is 0 Å². The average Bonchev–Trinajstić information content (AvgIpc) is 3.15. The normalized spacial score (nSPS) is 13.0. The van der Waals surface area contributed by atoms with Crippen molar-refractivity contribution in [2.75, 3.05) is 30.4 Å². The highest BCUT2D eigenvalue weighted by molar-refractivity contribution is 7.11. The van der Waals surface area contributed by atoms with Crippen molar-refractivity contribution in [3.63, 3.8) is 0 Å². The highest BCUT2D eigenvalue weighted by Crippen LogP contribution is 2.30. The molecule has 0 spiro atoms. The second-order valence-corrected chi connectivity index (χ2v) is 8.98. The molecule has 30 heavy (non-hydrogen) atoms. The molecule has 0 saturated carbocycles. The molecule has 4 rings (SSSR count). The summed E-state index contributed by atoms with van der Waals surface area (Å²) >= 11 is 1.72. The van der Waals surface area contributed by atoms with Crippen LogP contribution in [0.25, 0.3) is 0 Å². The molecule has 3 aromatic rings. The fourth-order valence-electron chi connectivity index (χ4n) is 3.69. The number of carbonyl (C=O) groups excluding carboxylic acids is 2. The Bertz CT molecular complexity index is 1060. The standard InChI is InChI=1S/C24H25N3O2S/c1-17-8-10-20(30-17)15-27(13-12-18-6-4-3-5-7-18)24(29)19-9-11-22-21(14-19)25-23(28)16-26(22)2/h3-11,14H,12-13,15-16H2,1-2H3,(H,25,28). The van der Waals surface area contributed by atoms with Crippen molar-refractivity contribution in [1.29, 1.82) is 0 Å². The molecule has 2 amide bonds. The van der Waals surface area contributed by atoms with E-state index in [1.807, 2.05) is 47.2 Å². The summed E-state index contributed by atoms with van der Waals surface area (Å²) < 4.78 is 0. The highest BCUT2D eigenvalue weighted by Gasteiger charge is 2.23. The van der Waals surface area contributed by atoms with Crippen molar-refractivity contribution in [1.82, 2.24) is 4.90 Å². The molecule has 5 nitrogen and oxygen atoms in total. The largest absolute Gasteiger partial charge is 0.364 e. The lowest BCUT2D eigenvalue weighted by Gasteiger charge is -2.28. The highest BCUT2D eigenvalue weighted by atomic mass is 32.1. The van der Waals surface area contributed by atoms with Crippen molar-refractivity contribution in [3.8, 4) is 0 Å². The quantitative estimate of drug-likeness (QED) is 0.647. The van der Waals surface area contributed by atoms with Gasteiger partial charge in [0.25, 0.3) is 5.91 Å². The number of nitrogens with zero attached hydrogens (tertiary/aromatic N) is 2. The van der Waals surface area contributed by atoms with Gasteiger partial charge in [-0.15, -0.1) is 11.3 Å². The smallest absolute Gasteiger partial charge is 0.254 e. The Morgan fingerprint density at radius 1 is 1.13 bits per heavy atom. The van der Waals surface area contributed by atoms with E-state index < -0.39 is 0 Å². The summed E-state index contributed by atoms with van der Waals surface area (Å²) in [6.45, 7) is 3.60. The van der Waals surface area contributed by atoms with Crippen LogP contribution in [0.1, 0.15) is 25.7 Å². The van der Waals surface area contributed by atoms with Crippen LogP contribution in [0.15, 0.2) is 60.7 Å². The van der Waals surface area contributed by atoms with Crippen molar-refractivity contribution in [2.45, 2.75) is 19.9 Å². The molecule has 0 unspecified atom stereocenters. The van der Waals surface area contributed by atoms with Gasteiger partial charge in [0.2, 0.25) is 5.91 Å². The van der Waals surface area contributed by atoms with Gasteiger partial charge in [-0.1, -0.05) is 30.3 Å². The van der Waals surface area contributed by atoms with Crippen LogP contribution in [0.3, 0.4) is 0 Å². The van der Waals surface area contributed by atoms with Crippen LogP contribution in [0.2, 0.25) is 0 Å². The molecule has 1 aromatic heterocycles. The first-order valence-electron chi connectivity index (χ1n) is 10.0. The lowest BCUT2D eigenvalue weighted by atomic mass is 10.1. The molecule has 0 bridgehead atoms. The van der Waals surface area contributed by atoms with E-state index in [0.29, 0.717) is 30.9 Å². The SMILES string of the molecule is Cc1ccc(CN(CCc2ccccc2)C(=O)c2ccc3c(c2)NC(=O)CN3C)s1. The van der Waals surface area contributed by atoms with Gasteiger partial charge in [-0.3, -0.25) is 9.59 Å². The fourth-order valence-corrected chi connectivity index (χ4v) is 4.60. The van der Waals surface area contributed by atoms with E-state index in [1.54, 1.807) is 17.4 Å². The number of amides is 2. The van der Waals surface area contributed by atoms with Crippen LogP contribution < -0.4 is 10.2 Å². The summed E-state index contributed by atoms with van der Waals surface area (Å²) in [6.07, 6.45) is 0.793. The predicted molar refractivity (Wildman–Crippen MR) is 122 cm³/mol. The first-order valence-corrected chi connectivity index (χ1v) is 10.8. The molecular weight excluding hydrogens is 394 g/mol. The van der Waals surface area contributed by atoms with E-state index in [2.05, 4.69) is 36.5 Å². The maximum Gasteiger partial charge on any atom is 0.254 e. The van der Waals surface area contributed by atoms with Gasteiger partial charge in [-0.25, -0.2) is 0 Å². The van der Waals surface area contributed by atoms with Crippen LogP contribution in [0.4, 0.5) is 11.4 Å². The molecule has 2 heterocycles. The Hall–Kier alpha value is -3.12. The number of anilines is 2. The summed E-state index contributed by atoms with van der Waals surface area (Å²) in [4.78, 5) is 31.5. The average molecular weight is 420 g/mol. The third-order valence-electron chi connectivity index (χ3n) is 5.25. The number of benzene rings is 2. The summed E-state index contributed by atoms with van der Waals surface area (Å²) in [7, 11) is 1.88. The van der Waals surface area contributed by atoms with Crippen molar-refractivity contribution < 1.29 is 9.59 Å². The van der Waals surface area contributed by atoms with Gasteiger partial charge in [0.05, 0.1) is 24.5 Å². The van der Waals surface area contributed by atoms with E-state index >= 15 is 0 Å². The van der Waals surface area contributed by atoms with E-state index in [1.165, 1.54) is 15.3 Å². The maximum absolute atomic E-state index is 13.4. The molecule has 1 N–H and O–H groups in total. The van der Waals surface area contributed by atoms with Crippen molar-refractivity contribution in [3.05, 3.63) is 81.5 Å². The number of likely N-dealkylation sites (N-methyl/N-ethyl adjacent to an activating group) is 1. The van der Waals surface area contributed by atoms with Gasteiger partial charge in [0, 0.05) is 28.9 Å². The maximum atomic E-state index is 13.4. The van der Waals surface area contributed by atoms with Crippen LogP contribution >= 0.6 is 11.3 Å². The van der Waals surface area contributed by atoms with Crippen LogP contribution in [-0.4, -0.2) is 36.9 Å². The van der Waals surface area contributed by atoms with Crippen LogP contribution in [-0.2, 0) is 17.8 Å². The van der Waals surface area contributed by atoms with Crippen LogP contribution in [0.5, 0.6) is 0 Å². The lowest BCUT2D eigenvalue weighted by Crippen LogP contribution is -2.36. The first-order chi connectivity index (χ1) is 14.5. The Morgan fingerprint density at radius 3 is 2.67 bits per heavy atom. The summed E-state index contributed by atoms with van der Waals surface area (Å²) in [5.41, 5.74) is 3.41. The molecule has 1 aliphatic rings. The number of rotatable bonds is 6. The molecule has 1 aliphatic heterocycles. The van der Waals surface area contributed by atoms with Gasteiger partial charge in [-0.2, -0.15) is 0 Å². The topological polar surface area (TPSA) is 52.7 Å². The Kier molecular flexibility index (Phi) is 5.86. The molecule has 6 heteroatoms. The zero-order valence-corrected chi connectivity index (χ0v) is 18.0. The molecule has 0 atom stereocenters. The second kappa shape index (κ2) is 8.71. The molecular formula is C24H25N3O2S. The summed E-state index contributed by atoms with van der Waals surface area (Å²) in [5.74, 6) is -0.0909. The molecule has 0 radical (unpaired) electrons. The summed E-state index contributed by atoms with van der Waals surface area (Å²) in [6, 6.07) is 19.9. The first kappa shape index (κ1) is 20.2. The van der Waals surface area contributed by atoms with Gasteiger partial charge >= 0.3 is 0 Å². The van der Waals surface area contributed by atoms with Gasteiger partial charge in [0.1, 0.15) is 0 Å². The Balaban J connectivity index is 1.58. The Labute approximate surface area is 180 Å². The number of nitrogens with one attached hydrogen (secondary N) is 1. The van der Waals surface area contributed by atoms with Gasteiger partial charge in [0.15, 0.2) is 0 Å². The van der Waals surface area contributed by atoms with E-state index in [0.717, 1.165) is 12.1 Å². The number of hydrogen-bond acceptors (Lipinski definition) is 4. The molecule has 0 aliphatic carbocycles. The summed E-state index contributed by atoms with van der Waals surface area (Å²) in [5, 5.41) is 2.89. The second-order valence-electron chi connectivity index (χ2n) is 7.61. The van der Waals surface area contributed by atoms with Crippen molar-refractivity contribution in [2.24, 2.45) is 0 Å². The number of thiophene rings is 1. The Morgan fingerprint density at radius 2 is 1.93 bits per heavy atom. The van der Waals surface area contributed by atoms with Crippen molar-refractivity contribution >= 4 is 34.5 Å². The van der Waals surface area contributed by atoms with Gasteiger partial charge < -0.3 is 15.1 Å². The fraction of sp³-hybridized carbons (Fsp3) is 0.250. The number of fused-ring (bicyclic) bond motifs is 1. The number of hydrogen-bond donors (Lipinski definition) is 1. The van der Waals surface area contributed by atoms with Crippen LogP contribution in [0, 0.1) is 6.92 Å². The lowest BCUT2D eigenvalue weighted by molar-refractivity contribution is -0.115. The predicted octanol–water partition coefficient (Wildman–Crippen LogP) is 4.33. The third kappa shape index (κ3) is 4.54. The van der Waals surface area contributed by atoms with E-state index in [-0.39, 0.29) is 11.8 Å². The van der Waals surface area contributed by atoms with Gasteiger partial charge in [-0.05, 0) is 49.2 Å². The number of aryl methyl sites for hydroxylation is 1.